The minimum absolute atomic E-state index is 0.225. The average molecular weight is 313 g/mol. The van der Waals surface area contributed by atoms with Gasteiger partial charge in [0.25, 0.3) is 5.91 Å². The first-order chi connectivity index (χ1) is 11.1. The van der Waals surface area contributed by atoms with Gasteiger partial charge in [-0.25, -0.2) is 4.39 Å². The smallest absolute Gasteiger partial charge is 0.251 e. The minimum atomic E-state index is -0.560. The van der Waals surface area contributed by atoms with E-state index in [4.69, 9.17) is 0 Å². The molecular formula is C19H20FNO2. The molecule has 0 bridgehead atoms. The lowest BCUT2D eigenvalue weighted by molar-refractivity contribution is -0.109. The molecule has 0 aliphatic heterocycles. The number of carbonyl (C=O) groups excluding carboxylic acids is 2. The number of benzene rings is 2. The third kappa shape index (κ3) is 5.02. The van der Waals surface area contributed by atoms with E-state index in [1.165, 1.54) is 11.6 Å². The average Bonchev–Trinajstić information content (AvgIpc) is 2.57. The SMILES string of the molecule is Cc1ccc(C(=O)N[C@@H](C=O)CCCc2ccccc2)cc1F. The molecule has 0 saturated carbocycles. The molecule has 0 fully saturated rings. The summed E-state index contributed by atoms with van der Waals surface area (Å²) >= 11 is 0. The molecule has 2 aromatic carbocycles. The third-order valence-corrected chi connectivity index (χ3v) is 3.74. The lowest BCUT2D eigenvalue weighted by Crippen LogP contribution is -2.36. The number of hydrogen-bond acceptors (Lipinski definition) is 2. The van der Waals surface area contributed by atoms with E-state index in [0.717, 1.165) is 19.1 Å². The molecule has 0 aromatic heterocycles. The molecule has 4 heteroatoms. The van der Waals surface area contributed by atoms with Gasteiger partial charge in [-0.1, -0.05) is 36.4 Å². The number of aryl methyl sites for hydroxylation is 2. The van der Waals surface area contributed by atoms with Gasteiger partial charge >= 0.3 is 0 Å². The van der Waals surface area contributed by atoms with Crippen LogP contribution in [0.3, 0.4) is 0 Å². The number of nitrogens with one attached hydrogen (secondary N) is 1. The summed E-state index contributed by atoms with van der Waals surface area (Å²) in [5.41, 5.74) is 1.91. The Labute approximate surface area is 135 Å². The third-order valence-electron chi connectivity index (χ3n) is 3.74. The van der Waals surface area contributed by atoms with Gasteiger partial charge in [0.15, 0.2) is 0 Å². The quantitative estimate of drug-likeness (QED) is 0.796. The highest BCUT2D eigenvalue weighted by atomic mass is 19.1. The molecule has 0 heterocycles. The van der Waals surface area contributed by atoms with Crippen molar-refractivity contribution in [3.05, 3.63) is 71.0 Å². The van der Waals surface area contributed by atoms with Gasteiger partial charge in [0.1, 0.15) is 12.1 Å². The highest BCUT2D eigenvalue weighted by molar-refractivity contribution is 5.95. The van der Waals surface area contributed by atoms with Crippen molar-refractivity contribution < 1.29 is 14.0 Å². The van der Waals surface area contributed by atoms with E-state index >= 15 is 0 Å². The van der Waals surface area contributed by atoms with Crippen LogP contribution in [0.2, 0.25) is 0 Å². The summed E-state index contributed by atoms with van der Waals surface area (Å²) in [6.07, 6.45) is 2.92. The first-order valence-corrected chi connectivity index (χ1v) is 7.66. The van der Waals surface area contributed by atoms with E-state index in [9.17, 15) is 14.0 Å². The normalized spacial score (nSPS) is 11.7. The van der Waals surface area contributed by atoms with Crippen molar-refractivity contribution in [2.24, 2.45) is 0 Å². The van der Waals surface area contributed by atoms with Crippen LogP contribution in [0.1, 0.15) is 34.3 Å². The second-order valence-corrected chi connectivity index (χ2v) is 5.56. The summed E-state index contributed by atoms with van der Waals surface area (Å²) in [7, 11) is 0. The molecular weight excluding hydrogens is 293 g/mol. The number of hydrogen-bond donors (Lipinski definition) is 1. The van der Waals surface area contributed by atoms with Gasteiger partial charge in [-0.2, -0.15) is 0 Å². The molecule has 1 atom stereocenters. The van der Waals surface area contributed by atoms with Gasteiger partial charge in [0.05, 0.1) is 6.04 Å². The summed E-state index contributed by atoms with van der Waals surface area (Å²) < 4.78 is 13.5. The van der Waals surface area contributed by atoms with Gasteiger partial charge in [0.2, 0.25) is 0 Å². The van der Waals surface area contributed by atoms with Crippen molar-refractivity contribution in [2.75, 3.05) is 0 Å². The summed E-state index contributed by atoms with van der Waals surface area (Å²) in [6.45, 7) is 1.63. The number of amides is 1. The monoisotopic (exact) mass is 313 g/mol. The zero-order valence-corrected chi connectivity index (χ0v) is 13.1. The van der Waals surface area contributed by atoms with E-state index in [2.05, 4.69) is 5.32 Å². The topological polar surface area (TPSA) is 46.2 Å². The number of rotatable bonds is 7. The number of aldehydes is 1. The molecule has 0 aliphatic rings. The van der Waals surface area contributed by atoms with Crippen LogP contribution < -0.4 is 5.32 Å². The Kier molecular flexibility index (Phi) is 6.03. The second-order valence-electron chi connectivity index (χ2n) is 5.56. The van der Waals surface area contributed by atoms with E-state index in [0.29, 0.717) is 12.0 Å². The van der Waals surface area contributed by atoms with Gasteiger partial charge in [-0.15, -0.1) is 0 Å². The molecule has 0 radical (unpaired) electrons. The van der Waals surface area contributed by atoms with E-state index in [-0.39, 0.29) is 5.56 Å². The Morgan fingerprint density at radius 1 is 1.22 bits per heavy atom. The molecule has 3 nitrogen and oxygen atoms in total. The van der Waals surface area contributed by atoms with Crippen molar-refractivity contribution >= 4 is 12.2 Å². The van der Waals surface area contributed by atoms with Gasteiger partial charge in [-0.05, 0) is 49.4 Å². The Bertz CT molecular complexity index is 670. The minimum Gasteiger partial charge on any atom is -0.343 e. The molecule has 0 spiro atoms. The fourth-order valence-corrected chi connectivity index (χ4v) is 2.33. The van der Waals surface area contributed by atoms with Crippen molar-refractivity contribution in [3.8, 4) is 0 Å². The highest BCUT2D eigenvalue weighted by Crippen LogP contribution is 2.10. The number of carbonyl (C=O) groups is 2. The summed E-state index contributed by atoms with van der Waals surface area (Å²) in [4.78, 5) is 23.2. The molecule has 2 rings (SSSR count). The number of halogens is 1. The Hall–Kier alpha value is -2.49. The van der Waals surface area contributed by atoms with Crippen LogP contribution in [0, 0.1) is 12.7 Å². The van der Waals surface area contributed by atoms with E-state index in [1.54, 1.807) is 19.1 Å². The standard InChI is InChI=1S/C19H20FNO2/c1-14-10-11-16(12-18(14)20)19(23)21-17(13-22)9-5-8-15-6-3-2-4-7-15/h2-4,6-7,10-13,17H,5,8-9H2,1H3,(H,21,23)/t17-/m1/s1. The van der Waals surface area contributed by atoms with Gasteiger partial charge in [0, 0.05) is 5.56 Å². The maximum atomic E-state index is 13.5. The summed E-state index contributed by atoms with van der Waals surface area (Å²) in [6, 6.07) is 13.7. The lowest BCUT2D eigenvalue weighted by Gasteiger charge is -2.13. The maximum absolute atomic E-state index is 13.5. The summed E-state index contributed by atoms with van der Waals surface area (Å²) in [5.74, 6) is -0.856. The predicted octanol–water partition coefficient (Wildman–Crippen LogP) is 3.45. The molecule has 1 amide bonds. The van der Waals surface area contributed by atoms with Gasteiger partial charge in [-0.3, -0.25) is 4.79 Å². The molecule has 1 N–H and O–H groups in total. The van der Waals surface area contributed by atoms with Crippen LogP contribution in [0.5, 0.6) is 0 Å². The van der Waals surface area contributed by atoms with Crippen LogP contribution in [-0.2, 0) is 11.2 Å². The Balaban J connectivity index is 1.87. The van der Waals surface area contributed by atoms with Crippen LogP contribution in [0.4, 0.5) is 4.39 Å². The van der Waals surface area contributed by atoms with E-state index in [1.807, 2.05) is 30.3 Å². The molecule has 0 saturated heterocycles. The molecule has 23 heavy (non-hydrogen) atoms. The van der Waals surface area contributed by atoms with Crippen LogP contribution >= 0.6 is 0 Å². The fraction of sp³-hybridized carbons (Fsp3) is 0.263. The van der Waals surface area contributed by atoms with Crippen molar-refractivity contribution in [1.29, 1.82) is 0 Å². The molecule has 0 aliphatic carbocycles. The molecule has 0 unspecified atom stereocenters. The first-order valence-electron chi connectivity index (χ1n) is 7.66. The van der Waals surface area contributed by atoms with Crippen molar-refractivity contribution in [3.63, 3.8) is 0 Å². The van der Waals surface area contributed by atoms with Crippen molar-refractivity contribution in [1.82, 2.24) is 5.32 Å². The highest BCUT2D eigenvalue weighted by Gasteiger charge is 2.14. The van der Waals surface area contributed by atoms with Crippen LogP contribution in [0.25, 0.3) is 0 Å². The lowest BCUT2D eigenvalue weighted by atomic mass is 10.0. The maximum Gasteiger partial charge on any atom is 0.251 e. The zero-order valence-electron chi connectivity index (χ0n) is 13.1. The predicted molar refractivity (Wildman–Crippen MR) is 87.8 cm³/mol. The fourth-order valence-electron chi connectivity index (χ4n) is 2.33. The Morgan fingerprint density at radius 3 is 2.61 bits per heavy atom. The van der Waals surface area contributed by atoms with Gasteiger partial charge < -0.3 is 10.1 Å². The van der Waals surface area contributed by atoms with Crippen LogP contribution in [-0.4, -0.2) is 18.2 Å². The second kappa shape index (κ2) is 8.22. The zero-order chi connectivity index (χ0) is 16.7. The van der Waals surface area contributed by atoms with Crippen molar-refractivity contribution in [2.45, 2.75) is 32.2 Å². The first kappa shape index (κ1) is 16.9. The largest absolute Gasteiger partial charge is 0.343 e. The molecule has 2 aromatic rings. The van der Waals surface area contributed by atoms with Crippen LogP contribution in [0.15, 0.2) is 48.5 Å². The molecule has 120 valence electrons. The van der Waals surface area contributed by atoms with E-state index < -0.39 is 17.8 Å². The summed E-state index contributed by atoms with van der Waals surface area (Å²) in [5, 5.41) is 2.64. The Morgan fingerprint density at radius 2 is 1.96 bits per heavy atom.